The zero-order valence-electron chi connectivity index (χ0n) is 7.13. The zero-order valence-corrected chi connectivity index (χ0v) is 7.95. The summed E-state index contributed by atoms with van der Waals surface area (Å²) in [4.78, 5) is 10.8. The molecule has 0 spiro atoms. The number of carbonyl (C=O) groups is 1. The van der Waals surface area contributed by atoms with Crippen LogP contribution in [0.3, 0.4) is 0 Å². The molecule has 0 aromatic heterocycles. The lowest BCUT2D eigenvalue weighted by molar-refractivity contribution is -0.114. The van der Waals surface area contributed by atoms with Gasteiger partial charge in [-0.05, 0) is 24.8 Å². The van der Waals surface area contributed by atoms with E-state index in [2.05, 4.69) is 0 Å². The predicted octanol–water partition coefficient (Wildman–Crippen LogP) is 1.02. The molecule has 1 rings (SSSR count). The van der Waals surface area contributed by atoms with Crippen molar-refractivity contribution >= 4 is 18.3 Å². The molecule has 0 saturated carbocycles. The predicted molar refractivity (Wildman–Crippen MR) is 49.2 cm³/mol. The molecule has 0 aromatic carbocycles. The number of carbonyl (C=O) groups excluding carboxylic acids is 1. The van der Waals surface area contributed by atoms with Crippen molar-refractivity contribution < 1.29 is 9.53 Å². The second-order valence-corrected chi connectivity index (χ2v) is 2.73. The first-order chi connectivity index (χ1) is 5.25. The van der Waals surface area contributed by atoms with Gasteiger partial charge in [0, 0.05) is 12.7 Å². The van der Waals surface area contributed by atoms with Crippen LogP contribution in [0, 0.1) is 0 Å². The first-order valence-corrected chi connectivity index (χ1v) is 3.75. The highest BCUT2D eigenvalue weighted by Gasteiger charge is 2.17. The summed E-state index contributed by atoms with van der Waals surface area (Å²) in [5, 5.41) is 0. The molecular formula is C8H14ClNO2. The van der Waals surface area contributed by atoms with E-state index in [0.29, 0.717) is 6.61 Å². The average molecular weight is 192 g/mol. The van der Waals surface area contributed by atoms with Crippen LogP contribution in [0.2, 0.25) is 0 Å². The summed E-state index contributed by atoms with van der Waals surface area (Å²) in [7, 11) is 1.63. The summed E-state index contributed by atoms with van der Waals surface area (Å²) in [6.45, 7) is 0.554. The number of rotatable bonds is 3. The summed E-state index contributed by atoms with van der Waals surface area (Å²) < 4.78 is 4.94. The summed E-state index contributed by atoms with van der Waals surface area (Å²) in [5.41, 5.74) is 7.03. The number of ether oxygens (including phenoxy) is 1. The molecule has 0 bridgehead atoms. The number of methoxy groups -OCH3 is 1. The molecule has 3 nitrogen and oxygen atoms in total. The lowest BCUT2D eigenvalue weighted by Gasteiger charge is -2.01. The summed E-state index contributed by atoms with van der Waals surface area (Å²) in [5.74, 6) is -0.283. The van der Waals surface area contributed by atoms with Gasteiger partial charge in [-0.2, -0.15) is 0 Å². The molecule has 0 aromatic rings. The quantitative estimate of drug-likeness (QED) is 0.724. The van der Waals surface area contributed by atoms with Gasteiger partial charge in [-0.15, -0.1) is 12.4 Å². The number of primary amides is 1. The van der Waals surface area contributed by atoms with Gasteiger partial charge in [-0.1, -0.05) is 0 Å². The van der Waals surface area contributed by atoms with Gasteiger partial charge >= 0.3 is 0 Å². The Bertz CT molecular complexity index is 201. The Hall–Kier alpha value is -0.540. The Labute approximate surface area is 78.4 Å². The van der Waals surface area contributed by atoms with Crippen molar-refractivity contribution in [3.05, 3.63) is 11.1 Å². The second-order valence-electron chi connectivity index (χ2n) is 2.73. The standard InChI is InChI=1S/C8H13NO2.ClH/c1-11-5-6-3-2-4-7(6)8(9)10;/h2-5H2,1H3,(H2,9,10);1H. The van der Waals surface area contributed by atoms with Crippen LogP contribution >= 0.6 is 12.4 Å². The fraction of sp³-hybridized carbons (Fsp3) is 0.625. The number of amides is 1. The summed E-state index contributed by atoms with van der Waals surface area (Å²) >= 11 is 0. The minimum Gasteiger partial charge on any atom is -0.380 e. The van der Waals surface area contributed by atoms with Gasteiger partial charge in [-0.25, -0.2) is 0 Å². The van der Waals surface area contributed by atoms with Crippen molar-refractivity contribution in [3.63, 3.8) is 0 Å². The largest absolute Gasteiger partial charge is 0.380 e. The van der Waals surface area contributed by atoms with Gasteiger partial charge in [0.25, 0.3) is 0 Å². The van der Waals surface area contributed by atoms with Crippen LogP contribution in [0.15, 0.2) is 11.1 Å². The molecule has 1 aliphatic carbocycles. The van der Waals surface area contributed by atoms with E-state index in [4.69, 9.17) is 10.5 Å². The molecule has 0 unspecified atom stereocenters. The van der Waals surface area contributed by atoms with Crippen molar-refractivity contribution in [2.45, 2.75) is 19.3 Å². The maximum atomic E-state index is 10.8. The second kappa shape index (κ2) is 5.17. The van der Waals surface area contributed by atoms with E-state index in [0.717, 1.165) is 30.4 Å². The fourth-order valence-electron chi connectivity index (χ4n) is 1.44. The zero-order chi connectivity index (χ0) is 8.27. The fourth-order valence-corrected chi connectivity index (χ4v) is 1.44. The van der Waals surface area contributed by atoms with Crippen LogP contribution in [0.5, 0.6) is 0 Å². The van der Waals surface area contributed by atoms with E-state index < -0.39 is 0 Å². The van der Waals surface area contributed by atoms with Gasteiger partial charge in [0.05, 0.1) is 6.61 Å². The monoisotopic (exact) mass is 191 g/mol. The van der Waals surface area contributed by atoms with Crippen LogP contribution in [-0.2, 0) is 9.53 Å². The topological polar surface area (TPSA) is 52.3 Å². The van der Waals surface area contributed by atoms with Crippen molar-refractivity contribution in [2.75, 3.05) is 13.7 Å². The molecule has 4 heteroatoms. The molecule has 12 heavy (non-hydrogen) atoms. The molecule has 0 atom stereocenters. The number of hydrogen-bond donors (Lipinski definition) is 1. The lowest BCUT2D eigenvalue weighted by atomic mass is 10.1. The number of nitrogens with two attached hydrogens (primary N) is 1. The Morgan fingerprint density at radius 3 is 2.75 bits per heavy atom. The third-order valence-electron chi connectivity index (χ3n) is 1.95. The maximum absolute atomic E-state index is 10.8. The van der Waals surface area contributed by atoms with E-state index in [1.165, 1.54) is 0 Å². The smallest absolute Gasteiger partial charge is 0.244 e. The molecule has 0 radical (unpaired) electrons. The normalized spacial score (nSPS) is 16.1. The van der Waals surface area contributed by atoms with Crippen LogP contribution in [-0.4, -0.2) is 19.6 Å². The van der Waals surface area contributed by atoms with Gasteiger partial charge in [0.15, 0.2) is 0 Å². The maximum Gasteiger partial charge on any atom is 0.244 e. The molecule has 1 aliphatic rings. The van der Waals surface area contributed by atoms with Crippen molar-refractivity contribution in [1.82, 2.24) is 0 Å². The van der Waals surface area contributed by atoms with Crippen molar-refractivity contribution in [2.24, 2.45) is 5.73 Å². The van der Waals surface area contributed by atoms with Gasteiger partial charge < -0.3 is 10.5 Å². The highest BCUT2D eigenvalue weighted by molar-refractivity contribution is 5.93. The minimum atomic E-state index is -0.283. The Balaban J connectivity index is 0.00000121. The van der Waals surface area contributed by atoms with Gasteiger partial charge in [0.1, 0.15) is 0 Å². The SMILES string of the molecule is COCC1=C(C(N)=O)CCC1.Cl. The van der Waals surface area contributed by atoms with E-state index in [9.17, 15) is 4.79 Å². The lowest BCUT2D eigenvalue weighted by Crippen LogP contribution is -2.14. The van der Waals surface area contributed by atoms with E-state index in [1.54, 1.807) is 7.11 Å². The van der Waals surface area contributed by atoms with Crippen molar-refractivity contribution in [3.8, 4) is 0 Å². The molecule has 1 amide bonds. The van der Waals surface area contributed by atoms with E-state index in [1.807, 2.05) is 0 Å². The molecule has 70 valence electrons. The highest BCUT2D eigenvalue weighted by Crippen LogP contribution is 2.25. The Morgan fingerprint density at radius 1 is 1.58 bits per heavy atom. The van der Waals surface area contributed by atoms with E-state index >= 15 is 0 Å². The van der Waals surface area contributed by atoms with Crippen LogP contribution in [0.4, 0.5) is 0 Å². The average Bonchev–Trinajstić information content (AvgIpc) is 2.36. The Kier molecular flexibility index (Phi) is 4.93. The summed E-state index contributed by atoms with van der Waals surface area (Å²) in [6, 6.07) is 0. The first-order valence-electron chi connectivity index (χ1n) is 3.75. The molecule has 0 fully saturated rings. The number of halogens is 1. The molecular weight excluding hydrogens is 178 g/mol. The Morgan fingerprint density at radius 2 is 2.25 bits per heavy atom. The van der Waals surface area contributed by atoms with Gasteiger partial charge in [-0.3, -0.25) is 4.79 Å². The van der Waals surface area contributed by atoms with Crippen LogP contribution in [0.1, 0.15) is 19.3 Å². The third kappa shape index (κ3) is 2.50. The molecule has 2 N–H and O–H groups in total. The molecule has 0 heterocycles. The van der Waals surface area contributed by atoms with Crippen molar-refractivity contribution in [1.29, 1.82) is 0 Å². The number of hydrogen-bond acceptors (Lipinski definition) is 2. The van der Waals surface area contributed by atoms with E-state index in [-0.39, 0.29) is 18.3 Å². The summed E-state index contributed by atoms with van der Waals surface area (Å²) in [6.07, 6.45) is 2.83. The third-order valence-corrected chi connectivity index (χ3v) is 1.95. The first kappa shape index (κ1) is 11.5. The van der Waals surface area contributed by atoms with Gasteiger partial charge in [0.2, 0.25) is 5.91 Å². The minimum absolute atomic E-state index is 0. The molecule has 0 aliphatic heterocycles. The van der Waals surface area contributed by atoms with Crippen LogP contribution < -0.4 is 5.73 Å². The highest BCUT2D eigenvalue weighted by atomic mass is 35.5. The van der Waals surface area contributed by atoms with Crippen LogP contribution in [0.25, 0.3) is 0 Å². The molecule has 0 saturated heterocycles.